The highest BCUT2D eigenvalue weighted by atomic mass is 16.5. The van der Waals surface area contributed by atoms with E-state index in [0.717, 1.165) is 47.8 Å². The summed E-state index contributed by atoms with van der Waals surface area (Å²) in [5.41, 5.74) is 13.9. The van der Waals surface area contributed by atoms with Crippen molar-refractivity contribution in [3.05, 3.63) is 101 Å². The van der Waals surface area contributed by atoms with E-state index in [1.54, 1.807) is 45.4 Å². The maximum absolute atomic E-state index is 12.7. The summed E-state index contributed by atoms with van der Waals surface area (Å²) in [6.07, 6.45) is 12.2. The average molecular weight is 653 g/mol. The van der Waals surface area contributed by atoms with Gasteiger partial charge in [0.2, 0.25) is 0 Å². The number of rotatable bonds is 10. The molecule has 1 saturated carbocycles. The van der Waals surface area contributed by atoms with Crippen molar-refractivity contribution in [2.24, 2.45) is 18.5 Å². The van der Waals surface area contributed by atoms with Crippen molar-refractivity contribution >= 4 is 16.8 Å². The second kappa shape index (κ2) is 13.5. The van der Waals surface area contributed by atoms with Crippen LogP contribution in [0.25, 0.3) is 22.0 Å². The van der Waals surface area contributed by atoms with Gasteiger partial charge in [-0.05, 0) is 86.9 Å². The fraction of sp³-hybridized carbons (Fsp3) is 0.351. The number of ether oxygens (including phenoxy) is 2. The Hall–Kier alpha value is -5.16. The van der Waals surface area contributed by atoms with Crippen molar-refractivity contribution in [1.29, 1.82) is 0 Å². The number of likely N-dealkylation sites (tertiary alicyclic amines) is 1. The molecule has 1 saturated heterocycles. The summed E-state index contributed by atoms with van der Waals surface area (Å²) in [5.74, 6) is 2.15. The maximum Gasteiger partial charge on any atom is 0.274 e. The largest absolute Gasteiger partial charge is 0.487 e. The van der Waals surface area contributed by atoms with Crippen molar-refractivity contribution in [2.45, 2.75) is 63.7 Å². The van der Waals surface area contributed by atoms with Gasteiger partial charge in [0, 0.05) is 42.0 Å². The summed E-state index contributed by atoms with van der Waals surface area (Å²) < 4.78 is 14.1. The number of nitrogens with zero attached hydrogens (tertiary/aromatic N) is 2. The molecule has 252 valence electrons. The Morgan fingerprint density at radius 1 is 1.00 bits per heavy atom. The van der Waals surface area contributed by atoms with Gasteiger partial charge < -0.3 is 45.8 Å². The van der Waals surface area contributed by atoms with Crippen LogP contribution in [0.5, 0.6) is 17.2 Å². The first-order valence-corrected chi connectivity index (χ1v) is 16.4. The molecule has 7 N–H and O–H groups in total. The fourth-order valence-corrected chi connectivity index (χ4v) is 6.19. The number of allylic oxidation sites excluding steroid dienone is 2. The Morgan fingerprint density at radius 2 is 1.71 bits per heavy atom. The van der Waals surface area contributed by atoms with Crippen LogP contribution in [0.3, 0.4) is 0 Å². The molecule has 1 amide bonds. The summed E-state index contributed by atoms with van der Waals surface area (Å²) in [6.45, 7) is 4.67. The molecule has 6 rings (SSSR count). The molecule has 0 radical (unpaired) electrons. The number of hydrogen-bond donors (Lipinski definition) is 5. The number of carbonyl (C=O) groups excluding carboxylic acids is 1. The molecule has 2 aromatic carbocycles. The Morgan fingerprint density at radius 3 is 2.42 bits per heavy atom. The number of aryl methyl sites for hydroxylation is 1. The van der Waals surface area contributed by atoms with Crippen LogP contribution in [-0.4, -0.2) is 50.7 Å². The van der Waals surface area contributed by atoms with Crippen molar-refractivity contribution < 1.29 is 19.4 Å². The normalized spacial score (nSPS) is 16.5. The molecule has 3 heterocycles. The van der Waals surface area contributed by atoms with Crippen molar-refractivity contribution in [3.8, 4) is 28.4 Å². The Bertz CT molecular complexity index is 1910. The van der Waals surface area contributed by atoms with Crippen LogP contribution in [0.2, 0.25) is 0 Å². The Kier molecular flexibility index (Phi) is 9.23. The molecule has 0 unspecified atom stereocenters. The molecule has 4 aromatic rings. The van der Waals surface area contributed by atoms with Gasteiger partial charge in [-0.1, -0.05) is 25.3 Å². The average Bonchev–Trinajstić information content (AvgIpc) is 3.54. The molecule has 11 heteroatoms. The summed E-state index contributed by atoms with van der Waals surface area (Å²) in [7, 11) is 1.71. The molecule has 2 aromatic heterocycles. The van der Waals surface area contributed by atoms with Gasteiger partial charge in [0.25, 0.3) is 11.5 Å². The number of hydrogen-bond acceptors (Lipinski definition) is 8. The highest BCUT2D eigenvalue weighted by Gasteiger charge is 2.29. The lowest BCUT2D eigenvalue weighted by Crippen LogP contribution is -2.54. The van der Waals surface area contributed by atoms with Gasteiger partial charge in [0.15, 0.2) is 0 Å². The van der Waals surface area contributed by atoms with E-state index < -0.39 is 5.60 Å². The second-order valence-corrected chi connectivity index (χ2v) is 13.2. The zero-order valence-corrected chi connectivity index (χ0v) is 27.7. The van der Waals surface area contributed by atoms with Crippen LogP contribution in [-0.2, 0) is 17.4 Å². The van der Waals surface area contributed by atoms with Crippen LogP contribution < -0.4 is 31.8 Å². The number of aromatic amines is 1. The standard InChI is InChI=1S/C37H44N6O5/c1-37(2,46)23-9-15-32(29(19-23)30-22-42(3)36(45)34-28(30)17-18-40-34)48-26-12-10-25(11-13-26)47-27-20-43(21-27)33(39)16-14-31(38)35(44)41-24-7-5-4-6-8-24/h9-19,22,24,27,40,46H,4-8,20-21,38-39H2,1-3H3,(H,41,44)/b31-14-,33-16+. The summed E-state index contributed by atoms with van der Waals surface area (Å²) >= 11 is 0. The number of nitrogens with one attached hydrogen (secondary N) is 2. The third-order valence-electron chi connectivity index (χ3n) is 9.07. The van der Waals surface area contributed by atoms with E-state index in [2.05, 4.69) is 10.3 Å². The number of fused-ring (bicyclic) bond motifs is 1. The summed E-state index contributed by atoms with van der Waals surface area (Å²) in [4.78, 5) is 30.1. The number of nitrogens with two attached hydrogens (primary N) is 2. The number of carbonyl (C=O) groups is 1. The third kappa shape index (κ3) is 7.21. The molecule has 1 aliphatic carbocycles. The number of benzene rings is 2. The SMILES string of the molecule is Cn1cc(-c2cc(C(C)(C)O)ccc2Oc2ccc(OC3CN(/C(N)=C/C=C(\N)C(=O)NC4CCCCC4)C3)cc2)c2cc[nH]c2c1=O. The van der Waals surface area contributed by atoms with Crippen LogP contribution in [0.1, 0.15) is 51.5 Å². The van der Waals surface area contributed by atoms with Gasteiger partial charge in [0.05, 0.1) is 30.2 Å². The van der Waals surface area contributed by atoms with Crippen LogP contribution in [0.4, 0.5) is 0 Å². The van der Waals surface area contributed by atoms with E-state index in [1.165, 1.54) is 11.0 Å². The first kappa shape index (κ1) is 32.8. The lowest BCUT2D eigenvalue weighted by atomic mass is 9.93. The molecule has 1 aliphatic heterocycles. The molecular formula is C37H44N6O5. The lowest BCUT2D eigenvalue weighted by molar-refractivity contribution is -0.118. The van der Waals surface area contributed by atoms with E-state index in [-0.39, 0.29) is 29.3 Å². The first-order valence-electron chi connectivity index (χ1n) is 16.4. The number of amides is 1. The van der Waals surface area contributed by atoms with Gasteiger partial charge in [-0.3, -0.25) is 9.59 Å². The number of pyridine rings is 1. The van der Waals surface area contributed by atoms with Gasteiger partial charge in [0.1, 0.15) is 28.9 Å². The van der Waals surface area contributed by atoms with Gasteiger partial charge in [-0.25, -0.2) is 0 Å². The summed E-state index contributed by atoms with van der Waals surface area (Å²) in [6, 6.07) is 15.0. The maximum atomic E-state index is 12.7. The van der Waals surface area contributed by atoms with Crippen molar-refractivity contribution in [1.82, 2.24) is 19.8 Å². The zero-order valence-electron chi connectivity index (χ0n) is 27.7. The molecule has 0 bridgehead atoms. The number of aliphatic hydroxyl groups is 1. The number of H-pyrrole nitrogens is 1. The van der Waals surface area contributed by atoms with Gasteiger partial charge >= 0.3 is 0 Å². The van der Waals surface area contributed by atoms with E-state index in [1.807, 2.05) is 53.4 Å². The van der Waals surface area contributed by atoms with E-state index in [9.17, 15) is 14.7 Å². The van der Waals surface area contributed by atoms with Crippen molar-refractivity contribution in [2.75, 3.05) is 13.1 Å². The predicted molar refractivity (Wildman–Crippen MR) is 186 cm³/mol. The highest BCUT2D eigenvalue weighted by molar-refractivity contribution is 5.96. The van der Waals surface area contributed by atoms with E-state index in [0.29, 0.717) is 41.7 Å². The molecule has 48 heavy (non-hydrogen) atoms. The smallest absolute Gasteiger partial charge is 0.274 e. The Balaban J connectivity index is 1.09. The van der Waals surface area contributed by atoms with Gasteiger partial charge in [-0.15, -0.1) is 0 Å². The molecular weight excluding hydrogens is 608 g/mol. The minimum Gasteiger partial charge on any atom is -0.487 e. The van der Waals surface area contributed by atoms with Crippen LogP contribution in [0.15, 0.2) is 89.4 Å². The highest BCUT2D eigenvalue weighted by Crippen LogP contribution is 2.39. The first-order chi connectivity index (χ1) is 23.0. The zero-order chi connectivity index (χ0) is 34.0. The molecule has 2 fully saturated rings. The predicted octanol–water partition coefficient (Wildman–Crippen LogP) is 4.71. The quantitative estimate of drug-likeness (QED) is 0.122. The topological polar surface area (TPSA) is 161 Å². The van der Waals surface area contributed by atoms with Crippen LogP contribution >= 0.6 is 0 Å². The number of aromatic nitrogens is 2. The Labute approximate surface area is 279 Å². The second-order valence-electron chi connectivity index (χ2n) is 13.2. The molecule has 0 spiro atoms. The monoisotopic (exact) mass is 652 g/mol. The lowest BCUT2D eigenvalue weighted by Gasteiger charge is -2.40. The van der Waals surface area contributed by atoms with Gasteiger partial charge in [-0.2, -0.15) is 0 Å². The molecule has 11 nitrogen and oxygen atoms in total. The fourth-order valence-electron chi connectivity index (χ4n) is 6.19. The van der Waals surface area contributed by atoms with E-state index >= 15 is 0 Å². The van der Waals surface area contributed by atoms with Crippen LogP contribution in [0, 0.1) is 0 Å². The minimum atomic E-state index is -1.07. The van der Waals surface area contributed by atoms with Crippen molar-refractivity contribution in [3.63, 3.8) is 0 Å². The van der Waals surface area contributed by atoms with E-state index in [4.69, 9.17) is 20.9 Å². The minimum absolute atomic E-state index is 0.0471. The molecule has 0 atom stereocenters. The molecule has 2 aliphatic rings. The summed E-state index contributed by atoms with van der Waals surface area (Å²) in [5, 5.41) is 14.5. The third-order valence-corrected chi connectivity index (χ3v) is 9.07.